The molecule has 2 aromatic rings. The van der Waals surface area contributed by atoms with Gasteiger partial charge >= 0.3 is 5.97 Å². The first-order chi connectivity index (χ1) is 9.74. The van der Waals surface area contributed by atoms with E-state index in [9.17, 15) is 4.79 Å². The fourth-order valence-electron chi connectivity index (χ4n) is 1.97. The molecule has 0 fully saturated rings. The molecule has 0 aliphatic carbocycles. The number of allylic oxidation sites excluding steroid dienone is 1. The topological polar surface area (TPSA) is 26.3 Å². The summed E-state index contributed by atoms with van der Waals surface area (Å²) < 4.78 is 5.37. The van der Waals surface area contributed by atoms with Gasteiger partial charge < -0.3 is 4.74 Å². The predicted octanol–water partition coefficient (Wildman–Crippen LogP) is 4.26. The van der Waals surface area contributed by atoms with Crippen LogP contribution in [-0.2, 0) is 11.2 Å². The van der Waals surface area contributed by atoms with Crippen LogP contribution in [0.15, 0.2) is 60.7 Å². The van der Waals surface area contributed by atoms with Gasteiger partial charge in [0, 0.05) is 0 Å². The van der Waals surface area contributed by atoms with Crippen LogP contribution in [0.25, 0.3) is 5.57 Å². The van der Waals surface area contributed by atoms with Gasteiger partial charge in [-0.05, 0) is 36.6 Å². The molecule has 0 aromatic heterocycles. The molecule has 2 heteroatoms. The molecule has 0 saturated heterocycles. The largest absolute Gasteiger partial charge is 0.423 e. The molecule has 0 heterocycles. The van der Waals surface area contributed by atoms with Gasteiger partial charge in [0.1, 0.15) is 5.75 Å². The van der Waals surface area contributed by atoms with Gasteiger partial charge in [0.15, 0.2) is 0 Å². The number of rotatable bonds is 4. The number of aryl methyl sites for hydroxylation is 1. The molecule has 2 nitrogen and oxygen atoms in total. The fraction of sp³-hybridized carbons (Fsp3) is 0.167. The summed E-state index contributed by atoms with van der Waals surface area (Å²) in [7, 11) is 0. The highest BCUT2D eigenvalue weighted by Crippen LogP contribution is 2.19. The summed E-state index contributed by atoms with van der Waals surface area (Å²) in [5.74, 6) is 0.227. The maximum Gasteiger partial charge on any atom is 0.343 e. The van der Waals surface area contributed by atoms with Gasteiger partial charge in [0.25, 0.3) is 0 Å². The Morgan fingerprint density at radius 3 is 2.25 bits per heavy atom. The summed E-state index contributed by atoms with van der Waals surface area (Å²) in [6.45, 7) is 3.95. The van der Waals surface area contributed by atoms with Crippen molar-refractivity contribution < 1.29 is 9.53 Å². The summed E-state index contributed by atoms with van der Waals surface area (Å²) in [5.41, 5.74) is 2.71. The molecule has 0 N–H and O–H groups in total. The number of ether oxygens (including phenoxy) is 1. The number of carbonyl (C=O) groups excluding carboxylic acids is 1. The van der Waals surface area contributed by atoms with Crippen molar-refractivity contribution >= 4 is 11.5 Å². The van der Waals surface area contributed by atoms with E-state index in [2.05, 4.69) is 6.92 Å². The van der Waals surface area contributed by atoms with Crippen molar-refractivity contribution in [2.45, 2.75) is 20.3 Å². The van der Waals surface area contributed by atoms with Crippen LogP contribution in [0.5, 0.6) is 5.75 Å². The zero-order valence-electron chi connectivity index (χ0n) is 11.8. The molecule has 20 heavy (non-hydrogen) atoms. The third-order valence-electron chi connectivity index (χ3n) is 3.14. The molecule has 0 spiro atoms. The Hall–Kier alpha value is -2.35. The van der Waals surface area contributed by atoms with E-state index in [0.717, 1.165) is 12.0 Å². The second-order valence-electron chi connectivity index (χ2n) is 4.46. The van der Waals surface area contributed by atoms with Gasteiger partial charge in [-0.3, -0.25) is 0 Å². The summed E-state index contributed by atoms with van der Waals surface area (Å²) in [5, 5.41) is 0. The van der Waals surface area contributed by atoms with E-state index in [-0.39, 0.29) is 5.97 Å². The highest BCUT2D eigenvalue weighted by atomic mass is 16.5. The minimum Gasteiger partial charge on any atom is -0.423 e. The highest BCUT2D eigenvalue weighted by Gasteiger charge is 2.13. The molecule has 2 rings (SSSR count). The van der Waals surface area contributed by atoms with Crippen molar-refractivity contribution in [2.24, 2.45) is 0 Å². The number of carbonyl (C=O) groups is 1. The lowest BCUT2D eigenvalue weighted by Gasteiger charge is -2.08. The Labute approximate surface area is 119 Å². The van der Waals surface area contributed by atoms with Crippen LogP contribution < -0.4 is 4.74 Å². The number of para-hydroxylation sites is 1. The second kappa shape index (κ2) is 6.71. The maximum atomic E-state index is 12.2. The van der Waals surface area contributed by atoms with Crippen LogP contribution in [0.1, 0.15) is 25.0 Å². The minimum atomic E-state index is -0.331. The first-order valence-corrected chi connectivity index (χ1v) is 6.77. The van der Waals surface area contributed by atoms with E-state index in [1.807, 2.05) is 49.4 Å². The molecular formula is C18H18O2. The molecule has 0 aliphatic heterocycles. The molecule has 0 bridgehead atoms. The zero-order valence-corrected chi connectivity index (χ0v) is 11.8. The lowest BCUT2D eigenvalue weighted by atomic mass is 10.0. The van der Waals surface area contributed by atoms with Crippen molar-refractivity contribution in [3.05, 3.63) is 71.8 Å². The van der Waals surface area contributed by atoms with E-state index < -0.39 is 0 Å². The number of hydrogen-bond acceptors (Lipinski definition) is 2. The molecule has 0 atom stereocenters. The first-order valence-electron chi connectivity index (χ1n) is 6.77. The van der Waals surface area contributed by atoms with E-state index in [1.54, 1.807) is 18.2 Å². The second-order valence-corrected chi connectivity index (χ2v) is 4.46. The summed E-state index contributed by atoms with van der Waals surface area (Å²) in [6, 6.07) is 17.1. The molecule has 0 aliphatic rings. The number of benzene rings is 2. The smallest absolute Gasteiger partial charge is 0.343 e. The van der Waals surface area contributed by atoms with Crippen LogP contribution in [-0.4, -0.2) is 5.97 Å². The average molecular weight is 266 g/mol. The van der Waals surface area contributed by atoms with Gasteiger partial charge in [-0.1, -0.05) is 55.5 Å². The first kappa shape index (κ1) is 14.1. The zero-order chi connectivity index (χ0) is 14.4. The van der Waals surface area contributed by atoms with E-state index in [1.165, 1.54) is 5.56 Å². The fourth-order valence-corrected chi connectivity index (χ4v) is 1.97. The molecule has 2 aromatic carbocycles. The maximum absolute atomic E-state index is 12.2. The normalized spacial score (nSPS) is 11.2. The van der Waals surface area contributed by atoms with Gasteiger partial charge in [-0.15, -0.1) is 0 Å². The van der Waals surface area contributed by atoms with Crippen LogP contribution in [0.2, 0.25) is 0 Å². The predicted molar refractivity (Wildman–Crippen MR) is 81.5 cm³/mol. The van der Waals surface area contributed by atoms with Crippen molar-refractivity contribution in [3.8, 4) is 5.75 Å². The monoisotopic (exact) mass is 266 g/mol. The molecular weight excluding hydrogens is 248 g/mol. The summed E-state index contributed by atoms with van der Waals surface area (Å²) >= 11 is 0. The van der Waals surface area contributed by atoms with Crippen molar-refractivity contribution in [3.63, 3.8) is 0 Å². The number of hydrogen-bond donors (Lipinski definition) is 0. The van der Waals surface area contributed by atoms with Crippen LogP contribution >= 0.6 is 0 Å². The van der Waals surface area contributed by atoms with E-state index in [0.29, 0.717) is 11.3 Å². The van der Waals surface area contributed by atoms with Crippen molar-refractivity contribution in [1.29, 1.82) is 0 Å². The van der Waals surface area contributed by atoms with E-state index >= 15 is 0 Å². The average Bonchev–Trinajstić information content (AvgIpc) is 2.49. The Balaban J connectivity index is 2.17. The molecule has 102 valence electrons. The standard InChI is InChI=1S/C18H18O2/c1-3-14-10-12-15(13-11-14)17(4-2)18(19)20-16-8-6-5-7-9-16/h4-13H,3H2,1-2H3. The van der Waals surface area contributed by atoms with Crippen molar-refractivity contribution in [1.82, 2.24) is 0 Å². The Morgan fingerprint density at radius 1 is 1.05 bits per heavy atom. The van der Waals surface area contributed by atoms with Gasteiger partial charge in [0.05, 0.1) is 5.57 Å². The van der Waals surface area contributed by atoms with E-state index in [4.69, 9.17) is 4.74 Å². The summed E-state index contributed by atoms with van der Waals surface area (Å²) in [4.78, 5) is 12.2. The highest BCUT2D eigenvalue weighted by molar-refractivity contribution is 6.17. The molecule has 0 saturated carbocycles. The van der Waals surface area contributed by atoms with Crippen LogP contribution in [0.3, 0.4) is 0 Å². The molecule has 0 unspecified atom stereocenters. The Kier molecular flexibility index (Phi) is 4.72. The Bertz CT molecular complexity index is 595. The van der Waals surface area contributed by atoms with Crippen LogP contribution in [0, 0.1) is 0 Å². The van der Waals surface area contributed by atoms with Crippen LogP contribution in [0.4, 0.5) is 0 Å². The molecule has 0 radical (unpaired) electrons. The lowest BCUT2D eigenvalue weighted by molar-refractivity contribution is -0.127. The molecule has 0 amide bonds. The summed E-state index contributed by atoms with van der Waals surface area (Å²) in [6.07, 6.45) is 2.77. The SMILES string of the molecule is CC=C(C(=O)Oc1ccccc1)c1ccc(CC)cc1. The quantitative estimate of drug-likeness (QED) is 0.469. The van der Waals surface area contributed by atoms with Gasteiger partial charge in [-0.25, -0.2) is 4.79 Å². The minimum absolute atomic E-state index is 0.331. The third-order valence-corrected chi connectivity index (χ3v) is 3.14. The van der Waals surface area contributed by atoms with Gasteiger partial charge in [-0.2, -0.15) is 0 Å². The Morgan fingerprint density at radius 2 is 1.70 bits per heavy atom. The third kappa shape index (κ3) is 3.35. The van der Waals surface area contributed by atoms with Crippen molar-refractivity contribution in [2.75, 3.05) is 0 Å². The van der Waals surface area contributed by atoms with Gasteiger partial charge in [0.2, 0.25) is 0 Å². The number of esters is 1. The lowest BCUT2D eigenvalue weighted by Crippen LogP contribution is -2.10.